The fourth-order valence-corrected chi connectivity index (χ4v) is 2.62. The molecule has 1 N–H and O–H groups in total. The first kappa shape index (κ1) is 14.5. The molecular weight excluding hydrogens is 280 g/mol. The molecule has 0 unspecified atom stereocenters. The van der Waals surface area contributed by atoms with Crippen LogP contribution in [-0.4, -0.2) is 20.0 Å². The number of nitrogens with zero attached hydrogens (tertiary/aromatic N) is 1. The van der Waals surface area contributed by atoms with Gasteiger partial charge in [-0.2, -0.15) is 0 Å². The lowest BCUT2D eigenvalue weighted by atomic mass is 10.3. The number of oxazole rings is 1. The Morgan fingerprint density at radius 3 is 2.55 bits per heavy atom. The van der Waals surface area contributed by atoms with E-state index in [0.717, 1.165) is 0 Å². The van der Waals surface area contributed by atoms with Crippen LogP contribution in [0.25, 0.3) is 0 Å². The molecule has 2 aromatic rings. The average Bonchev–Trinajstić information content (AvgIpc) is 2.84. The number of hydrogen-bond donors (Lipinski definition) is 1. The zero-order chi connectivity index (χ0) is 14.6. The Labute approximate surface area is 117 Å². The molecule has 108 valence electrons. The van der Waals surface area contributed by atoms with Gasteiger partial charge < -0.3 is 9.15 Å². The Morgan fingerprint density at radius 1 is 1.30 bits per heavy atom. The predicted octanol–water partition coefficient (Wildman–Crippen LogP) is 1.86. The van der Waals surface area contributed by atoms with Gasteiger partial charge in [0.25, 0.3) is 0 Å². The van der Waals surface area contributed by atoms with E-state index in [0.29, 0.717) is 23.9 Å². The van der Waals surface area contributed by atoms with Gasteiger partial charge in [-0.25, -0.2) is 18.1 Å². The van der Waals surface area contributed by atoms with E-state index in [1.54, 1.807) is 19.1 Å². The van der Waals surface area contributed by atoms with Crippen molar-refractivity contribution in [1.82, 2.24) is 9.71 Å². The second-order valence-electron chi connectivity index (χ2n) is 4.09. The molecular formula is C13H16N2O4S. The molecule has 0 saturated heterocycles. The van der Waals surface area contributed by atoms with Crippen LogP contribution in [0.15, 0.2) is 39.8 Å². The maximum atomic E-state index is 12.1. The molecule has 0 aliphatic rings. The highest BCUT2D eigenvalue weighted by Gasteiger charge is 2.14. The zero-order valence-electron chi connectivity index (χ0n) is 11.3. The molecule has 0 amide bonds. The van der Waals surface area contributed by atoms with Crippen molar-refractivity contribution in [2.75, 3.05) is 6.61 Å². The Balaban J connectivity index is 2.05. The lowest BCUT2D eigenvalue weighted by molar-refractivity contribution is 0.340. The standard InChI is InChI=1S/C13H16N2O4S/c1-3-18-12-4-6-13(7-5-12)20(16,17)14-8-11-9-19-10(2)15-11/h4-7,9,14H,3,8H2,1-2H3. The van der Waals surface area contributed by atoms with Gasteiger partial charge in [-0.05, 0) is 31.2 Å². The number of aromatic nitrogens is 1. The number of aryl methyl sites for hydroxylation is 1. The smallest absolute Gasteiger partial charge is 0.240 e. The Morgan fingerprint density at radius 2 is 2.00 bits per heavy atom. The summed E-state index contributed by atoms with van der Waals surface area (Å²) in [6.45, 7) is 4.19. The Bertz CT molecular complexity index is 662. The molecule has 7 heteroatoms. The number of nitrogens with one attached hydrogen (secondary N) is 1. The van der Waals surface area contributed by atoms with E-state index in [4.69, 9.17) is 9.15 Å². The minimum atomic E-state index is -3.57. The lowest BCUT2D eigenvalue weighted by Gasteiger charge is -2.07. The summed E-state index contributed by atoms with van der Waals surface area (Å²) < 4.78 is 36.9. The van der Waals surface area contributed by atoms with Gasteiger partial charge in [-0.1, -0.05) is 0 Å². The van der Waals surface area contributed by atoms with Gasteiger partial charge in [0.15, 0.2) is 5.89 Å². The van der Waals surface area contributed by atoms with Crippen LogP contribution in [0.3, 0.4) is 0 Å². The van der Waals surface area contributed by atoms with Crippen molar-refractivity contribution >= 4 is 10.0 Å². The highest BCUT2D eigenvalue weighted by atomic mass is 32.2. The largest absolute Gasteiger partial charge is 0.494 e. The van der Waals surface area contributed by atoms with Crippen LogP contribution in [0.4, 0.5) is 0 Å². The number of rotatable bonds is 6. The summed E-state index contributed by atoms with van der Waals surface area (Å²) >= 11 is 0. The van der Waals surface area contributed by atoms with Crippen molar-refractivity contribution in [3.8, 4) is 5.75 Å². The summed E-state index contributed by atoms with van der Waals surface area (Å²) in [5.74, 6) is 1.14. The van der Waals surface area contributed by atoms with Crippen molar-refractivity contribution in [2.45, 2.75) is 25.3 Å². The maximum Gasteiger partial charge on any atom is 0.240 e. The molecule has 0 atom stereocenters. The van der Waals surface area contributed by atoms with E-state index in [1.807, 2.05) is 6.92 Å². The lowest BCUT2D eigenvalue weighted by Crippen LogP contribution is -2.23. The van der Waals surface area contributed by atoms with E-state index in [9.17, 15) is 8.42 Å². The van der Waals surface area contributed by atoms with Crippen LogP contribution in [0, 0.1) is 6.92 Å². The van der Waals surface area contributed by atoms with Crippen LogP contribution in [-0.2, 0) is 16.6 Å². The maximum absolute atomic E-state index is 12.1. The quantitative estimate of drug-likeness (QED) is 0.880. The molecule has 0 bridgehead atoms. The zero-order valence-corrected chi connectivity index (χ0v) is 12.1. The molecule has 2 rings (SSSR count). The summed E-state index contributed by atoms with van der Waals surface area (Å²) in [5, 5.41) is 0. The molecule has 0 saturated carbocycles. The minimum absolute atomic E-state index is 0.0902. The van der Waals surface area contributed by atoms with Gasteiger partial charge in [0, 0.05) is 6.92 Å². The van der Waals surface area contributed by atoms with Crippen LogP contribution in [0.1, 0.15) is 18.5 Å². The molecule has 1 aromatic carbocycles. The molecule has 1 aromatic heterocycles. The fourth-order valence-electron chi connectivity index (χ4n) is 1.62. The Hall–Kier alpha value is -1.86. The van der Waals surface area contributed by atoms with E-state index in [1.165, 1.54) is 18.4 Å². The molecule has 0 spiro atoms. The van der Waals surface area contributed by atoms with Crippen LogP contribution >= 0.6 is 0 Å². The summed E-state index contributed by atoms with van der Waals surface area (Å²) in [7, 11) is -3.57. The topological polar surface area (TPSA) is 81.4 Å². The monoisotopic (exact) mass is 296 g/mol. The highest BCUT2D eigenvalue weighted by molar-refractivity contribution is 7.89. The molecule has 0 fully saturated rings. The van der Waals surface area contributed by atoms with Crippen molar-refractivity contribution in [3.63, 3.8) is 0 Å². The SMILES string of the molecule is CCOc1ccc(S(=O)(=O)NCc2coc(C)n2)cc1. The van der Waals surface area contributed by atoms with Crippen molar-refractivity contribution < 1.29 is 17.6 Å². The highest BCUT2D eigenvalue weighted by Crippen LogP contribution is 2.16. The van der Waals surface area contributed by atoms with Gasteiger partial charge in [-0.3, -0.25) is 0 Å². The minimum Gasteiger partial charge on any atom is -0.494 e. The summed E-state index contributed by atoms with van der Waals surface area (Å²) in [6.07, 6.45) is 1.43. The molecule has 6 nitrogen and oxygen atoms in total. The third-order valence-corrected chi connectivity index (χ3v) is 3.97. The average molecular weight is 296 g/mol. The van der Waals surface area contributed by atoms with E-state index in [2.05, 4.69) is 9.71 Å². The van der Waals surface area contributed by atoms with Gasteiger partial charge in [0.05, 0.1) is 23.7 Å². The third kappa shape index (κ3) is 3.58. The first-order valence-corrected chi connectivity index (χ1v) is 7.63. The van der Waals surface area contributed by atoms with Crippen LogP contribution < -0.4 is 9.46 Å². The predicted molar refractivity (Wildman–Crippen MR) is 72.9 cm³/mol. The van der Waals surface area contributed by atoms with Crippen LogP contribution in [0.5, 0.6) is 5.75 Å². The van der Waals surface area contributed by atoms with Gasteiger partial charge in [0.2, 0.25) is 10.0 Å². The third-order valence-electron chi connectivity index (χ3n) is 2.55. The Kier molecular flexibility index (Phi) is 4.41. The van der Waals surface area contributed by atoms with Crippen molar-refractivity contribution in [1.29, 1.82) is 0 Å². The molecule has 20 heavy (non-hydrogen) atoms. The molecule has 0 aliphatic carbocycles. The van der Waals surface area contributed by atoms with Crippen molar-refractivity contribution in [2.24, 2.45) is 0 Å². The number of hydrogen-bond acceptors (Lipinski definition) is 5. The summed E-state index contributed by atoms with van der Waals surface area (Å²) in [4.78, 5) is 4.21. The second-order valence-corrected chi connectivity index (χ2v) is 5.85. The number of benzene rings is 1. The fraction of sp³-hybridized carbons (Fsp3) is 0.308. The van der Waals surface area contributed by atoms with Crippen molar-refractivity contribution in [3.05, 3.63) is 42.1 Å². The van der Waals surface area contributed by atoms with Gasteiger partial charge >= 0.3 is 0 Å². The molecule has 1 heterocycles. The number of sulfonamides is 1. The normalized spacial score (nSPS) is 11.5. The summed E-state index contributed by atoms with van der Waals surface area (Å²) in [6, 6.07) is 6.25. The molecule has 0 aliphatic heterocycles. The second kappa shape index (κ2) is 6.06. The van der Waals surface area contributed by atoms with E-state index >= 15 is 0 Å². The van der Waals surface area contributed by atoms with Gasteiger partial charge in [-0.15, -0.1) is 0 Å². The molecule has 0 radical (unpaired) electrons. The summed E-state index contributed by atoms with van der Waals surface area (Å²) in [5.41, 5.74) is 0.539. The van der Waals surface area contributed by atoms with E-state index in [-0.39, 0.29) is 11.4 Å². The van der Waals surface area contributed by atoms with Crippen LogP contribution in [0.2, 0.25) is 0 Å². The van der Waals surface area contributed by atoms with E-state index < -0.39 is 10.0 Å². The first-order chi connectivity index (χ1) is 9.51. The first-order valence-electron chi connectivity index (χ1n) is 6.15. The number of ether oxygens (including phenoxy) is 1. The van der Waals surface area contributed by atoms with Gasteiger partial charge in [0.1, 0.15) is 12.0 Å².